The van der Waals surface area contributed by atoms with Crippen LogP contribution >= 0.6 is 69.6 Å². The predicted molar refractivity (Wildman–Crippen MR) is 514 cm³/mol. The molecule has 2 fully saturated rings. The van der Waals surface area contributed by atoms with Crippen molar-refractivity contribution < 1.29 is 136 Å². The van der Waals surface area contributed by atoms with Crippen LogP contribution in [0, 0.1) is 0 Å². The van der Waals surface area contributed by atoms with Gasteiger partial charge in [-0.2, -0.15) is 0 Å². The normalized spacial score (nSPS) is 17.2. The van der Waals surface area contributed by atoms with Crippen LogP contribution in [0.2, 0.25) is 30.1 Å². The Labute approximate surface area is 839 Å². The number of carbonyl (C=O) groups is 8. The van der Waals surface area contributed by atoms with Gasteiger partial charge in [0.15, 0.2) is 33.9 Å². The van der Waals surface area contributed by atoms with E-state index in [2.05, 4.69) is 39.1 Å². The van der Waals surface area contributed by atoms with Crippen LogP contribution in [0.1, 0.15) is 127 Å². The number of benzene rings is 6. The fourth-order valence-electron chi connectivity index (χ4n) is 14.9. The number of hydrogen-bond donors (Lipinski definition) is 8. The molecule has 5 aliphatic rings. The van der Waals surface area contributed by atoms with Crippen LogP contribution in [0.5, 0.6) is 0 Å². The van der Waals surface area contributed by atoms with Crippen molar-refractivity contribution in [1.82, 2.24) is 39.6 Å². The predicted octanol–water partition coefficient (Wildman–Crippen LogP) is 6.69. The summed E-state index contributed by atoms with van der Waals surface area (Å²) in [5, 5.41) is 45.4. The number of likely N-dealkylation sites (N-methyl/N-ethyl adjacent to an activating group) is 3. The number of halogens is 6. The molecule has 5 aliphatic heterocycles. The van der Waals surface area contributed by atoms with Gasteiger partial charge in [0, 0.05) is 172 Å². The van der Waals surface area contributed by atoms with E-state index < -0.39 is 102 Å². The zero-order valence-corrected chi connectivity index (χ0v) is 84.7. The third-order valence-corrected chi connectivity index (χ3v) is 28.4. The largest absolute Gasteiger partial charge is 0.382 e. The van der Waals surface area contributed by atoms with E-state index in [0.29, 0.717) is 135 Å². The Bertz CT molecular complexity index is 5320. The summed E-state index contributed by atoms with van der Waals surface area (Å²) in [5.74, 6) is -8.05. The number of ketones is 1. The first-order valence-electron chi connectivity index (χ1n) is 44.9. The van der Waals surface area contributed by atoms with Crippen molar-refractivity contribution in [3.8, 4) is 0 Å². The molecule has 5 heterocycles. The summed E-state index contributed by atoms with van der Waals surface area (Å²) in [4.78, 5) is 108. The second-order valence-electron chi connectivity index (χ2n) is 32.4. The third-order valence-electron chi connectivity index (χ3n) is 21.9. The van der Waals surface area contributed by atoms with Gasteiger partial charge in [0.1, 0.15) is 6.10 Å². The van der Waals surface area contributed by atoms with Crippen LogP contribution < -0.4 is 20.5 Å². The highest BCUT2D eigenvalue weighted by molar-refractivity contribution is 7.91. The van der Waals surface area contributed by atoms with Gasteiger partial charge in [0.2, 0.25) is 20.0 Å². The average Bonchev–Trinajstić information content (AvgIpc) is 1.54. The molecular formula is C92H121Cl6N9O29S3. The Morgan fingerprint density at radius 2 is 0.712 bits per heavy atom. The van der Waals surface area contributed by atoms with Gasteiger partial charge in [-0.15, -0.1) is 10.1 Å². The first-order chi connectivity index (χ1) is 66.3. The highest BCUT2D eigenvalue weighted by atomic mass is 35.5. The van der Waals surface area contributed by atoms with Crippen LogP contribution in [0.15, 0.2) is 124 Å². The number of sulfone groups is 1. The van der Waals surface area contributed by atoms with Gasteiger partial charge in [-0.1, -0.05) is 106 Å². The monoisotopic (exact) mass is 2120 g/mol. The number of nitrogens with one attached hydrogen (secondary N) is 3. The topological polar surface area (TPSA) is 500 Å². The zero-order chi connectivity index (χ0) is 102. The molecule has 2 saturated heterocycles. The van der Waals surface area contributed by atoms with Crippen molar-refractivity contribution in [3.05, 3.63) is 189 Å². The summed E-state index contributed by atoms with van der Waals surface area (Å²) >= 11 is 38.1. The lowest BCUT2D eigenvalue weighted by atomic mass is 9.85. The number of carbonyl (C=O) groups excluding carboxylic acids is 8. The maximum absolute atomic E-state index is 12.9. The molecule has 9 N–H and O–H groups in total. The number of fused-ring (bicyclic) bond motifs is 3. The van der Waals surface area contributed by atoms with E-state index in [4.69, 9.17) is 118 Å². The second-order valence-corrected chi connectivity index (χ2v) is 40.6. The Morgan fingerprint density at radius 3 is 1.07 bits per heavy atom. The number of aliphatic hydroxyl groups excluding tert-OH is 4. The highest BCUT2D eigenvalue weighted by Gasteiger charge is 2.43. The van der Waals surface area contributed by atoms with Crippen LogP contribution in [0.25, 0.3) is 0 Å². The summed E-state index contributed by atoms with van der Waals surface area (Å²) in [7, 11) is -4.58. The van der Waals surface area contributed by atoms with Gasteiger partial charge < -0.3 is 98.5 Å². The second kappa shape index (κ2) is 59.1. The molecule has 0 bridgehead atoms. The number of nitrogens with two attached hydrogens (primary N) is 1. The fraction of sp³-hybridized carbons (Fsp3) is 0.522. The van der Waals surface area contributed by atoms with E-state index in [1.807, 2.05) is 89.6 Å². The van der Waals surface area contributed by atoms with Crippen molar-refractivity contribution in [1.29, 1.82) is 0 Å². The molecule has 0 aliphatic carbocycles. The standard InChI is InChI=1S/C36H52Cl2N2O11S.C24H33Cl2N3O5S.C20H24Cl2N2O3S.C12H12N2O10/c1-3-47-15-16-50-14-11-39-36(44)35(43)34(42)33(41)6-4-12-48-17-19-51-20-18-49-13-5-21-52(45,46)28-9-7-26(8-10-28)30-24-40(2)25-31-29(30)22-27(37)23-32(31)38;1-29-16-22(21-14-19(25)15-24(26)23(21)17-29)18-2-4-20(5-3-18)35(30,31)28-7-9-33-11-13-34-12-10-32-8-6-27;1-3-27-9-8-23-28(25,26)16-6-4-14(5-7-16)18-12-24(2)13-19-17(18)10-15(21)11-20(19)22;15-5-1-2-6(16)13(5)23-11(21)9(19)10(20)12(22)24-14-7(17)3-4-8(14)18/h7-10,22-23,30,34-35,42-43H,3-6,11-21,24-25H2,1-2H3,(H,39,44);2-5,14-15,22,28H,6-13,16-17,27H2,1H3;4-7,10-11,18,23H,3,8-9,12-13H2,1-2H3;9-10,19-20H,1-4H2. The van der Waals surface area contributed by atoms with Crippen molar-refractivity contribution in [2.75, 3.05) is 192 Å². The Morgan fingerprint density at radius 1 is 0.403 bits per heavy atom. The Kier molecular flexibility index (Phi) is 49.6. The van der Waals surface area contributed by atoms with Crippen LogP contribution in [0.4, 0.5) is 0 Å². The minimum atomic E-state index is -3.64. The zero-order valence-electron chi connectivity index (χ0n) is 77.7. The maximum Gasteiger partial charge on any atom is 0.364 e. The van der Waals surface area contributed by atoms with Gasteiger partial charge in [-0.3, -0.25) is 28.8 Å². The van der Waals surface area contributed by atoms with Crippen molar-refractivity contribution >= 4 is 147 Å². The van der Waals surface area contributed by atoms with Crippen molar-refractivity contribution in [2.24, 2.45) is 5.73 Å². The molecule has 47 heteroatoms. The van der Waals surface area contributed by atoms with Gasteiger partial charge in [0.25, 0.3) is 29.5 Å². The first-order valence-corrected chi connectivity index (χ1v) is 51.8. The van der Waals surface area contributed by atoms with Gasteiger partial charge in [-0.25, -0.2) is 44.3 Å². The summed E-state index contributed by atoms with van der Waals surface area (Å²) in [5.41, 5.74) is 14.8. The highest BCUT2D eigenvalue weighted by Crippen LogP contribution is 2.42. The molecule has 5 amide bonds. The van der Waals surface area contributed by atoms with E-state index in [1.54, 1.807) is 54.6 Å². The molecule has 0 saturated carbocycles. The molecule has 7 unspecified atom stereocenters. The number of Topliss-reactive ketones (excluding diaryl/α,β-unsaturated/α-hetero) is 1. The number of ether oxygens (including phenoxy) is 9. The molecule has 139 heavy (non-hydrogen) atoms. The number of rotatable bonds is 52. The summed E-state index contributed by atoms with van der Waals surface area (Å²) in [6.45, 7) is 16.0. The van der Waals surface area contributed by atoms with E-state index in [1.165, 1.54) is 0 Å². The quantitative estimate of drug-likeness (QED) is 0.0146. The molecule has 11 rings (SSSR count). The van der Waals surface area contributed by atoms with Crippen LogP contribution in [-0.2, 0) is 140 Å². The van der Waals surface area contributed by atoms with E-state index in [-0.39, 0.29) is 133 Å². The lowest BCUT2D eigenvalue weighted by Gasteiger charge is -2.33. The summed E-state index contributed by atoms with van der Waals surface area (Å²) in [6, 6.07) is 32.1. The number of hydrogen-bond acceptors (Lipinski definition) is 33. The molecule has 6 aromatic carbocycles. The van der Waals surface area contributed by atoms with Gasteiger partial charge >= 0.3 is 11.9 Å². The average molecular weight is 2130 g/mol. The molecular weight excluding hydrogens is 2000 g/mol. The van der Waals surface area contributed by atoms with E-state index in [0.717, 1.165) is 89.3 Å². The lowest BCUT2D eigenvalue weighted by molar-refractivity contribution is -0.216. The van der Waals surface area contributed by atoms with Crippen molar-refractivity contribution in [2.45, 2.75) is 135 Å². The number of sulfonamides is 2. The minimum absolute atomic E-state index is 0.0242. The Balaban J connectivity index is 0.000000238. The maximum atomic E-state index is 12.9. The lowest BCUT2D eigenvalue weighted by Crippen LogP contribution is -2.47. The fourth-order valence-corrected chi connectivity index (χ4v) is 19.9. The number of imide groups is 2. The number of nitrogens with zero attached hydrogens (tertiary/aromatic N) is 5. The molecule has 6 aromatic rings. The molecule has 38 nitrogen and oxygen atoms in total. The Hall–Kier alpha value is -7.49. The number of aliphatic hydroxyl groups is 4. The molecule has 768 valence electrons. The summed E-state index contributed by atoms with van der Waals surface area (Å²) < 4.78 is 129. The van der Waals surface area contributed by atoms with Crippen LogP contribution in [0.3, 0.4) is 0 Å². The molecule has 0 spiro atoms. The molecule has 0 radical (unpaired) electrons. The van der Waals surface area contributed by atoms with E-state index >= 15 is 0 Å². The van der Waals surface area contributed by atoms with Crippen molar-refractivity contribution in [3.63, 3.8) is 0 Å². The molecule has 7 atom stereocenters. The van der Waals surface area contributed by atoms with Crippen LogP contribution in [-0.4, -0.2) is 334 Å². The minimum Gasteiger partial charge on any atom is -0.382 e. The number of amides is 5. The number of hydroxylamine groups is 4. The van der Waals surface area contributed by atoms with E-state index in [9.17, 15) is 84.0 Å². The molecule has 0 aromatic heterocycles. The van der Waals surface area contributed by atoms with Gasteiger partial charge in [-0.05, 0) is 171 Å². The summed E-state index contributed by atoms with van der Waals surface area (Å²) in [6.07, 6.45) is -8.90. The first kappa shape index (κ1) is 117. The van der Waals surface area contributed by atoms with Gasteiger partial charge in [0.05, 0.1) is 113 Å². The SMILES string of the molecule is CCOCCNS(=O)(=O)c1ccc(C2CN(C)Cc3c(Cl)cc(Cl)cc32)cc1.CCOCCOCCNC(=O)C(O)C(O)C(=O)CCCOCCOCCOCCCS(=O)(=O)c1ccc(C2CN(C)Cc3c(Cl)cc(Cl)cc32)cc1.CN1Cc2c(Cl)cc(Cl)cc2C(c2ccc(S(=O)(=O)NCCOCCOCCOCCN)cc2)C1.O=C(ON1C(=O)CCC1=O)C(O)C(O)C(=O)ON1C(=O)CCC1=O. The smallest absolute Gasteiger partial charge is 0.364 e. The third kappa shape index (κ3) is 37.0.